The number of halogens is 1. The number of hydrogen-bond donors (Lipinski definition) is 2. The molecule has 1 aliphatic rings. The third-order valence-corrected chi connectivity index (χ3v) is 3.39. The molecule has 0 heterocycles. The predicted octanol–water partition coefficient (Wildman–Crippen LogP) is 2.98. The molecule has 16 heavy (non-hydrogen) atoms. The fourth-order valence-corrected chi connectivity index (χ4v) is 1.77. The third-order valence-electron chi connectivity index (χ3n) is 3.39. The smallest absolute Gasteiger partial charge is 0.131 e. The molecule has 0 amide bonds. The van der Waals surface area contributed by atoms with Crippen molar-refractivity contribution < 1.29 is 9.50 Å². The molecule has 1 aromatic carbocycles. The second-order valence-corrected chi connectivity index (χ2v) is 5.12. The van der Waals surface area contributed by atoms with E-state index in [1.807, 2.05) is 6.92 Å². The van der Waals surface area contributed by atoms with Gasteiger partial charge in [-0.3, -0.25) is 0 Å². The van der Waals surface area contributed by atoms with Crippen molar-refractivity contribution >= 4 is 0 Å². The molecule has 2 N–H and O–H groups in total. The molecular formula is C13H18FNO. The SMILES string of the molecule is CC(NCC1(C)CC1)c1ccc(O)cc1F. The maximum atomic E-state index is 13.5. The Morgan fingerprint density at radius 3 is 2.75 bits per heavy atom. The van der Waals surface area contributed by atoms with Gasteiger partial charge in [-0.2, -0.15) is 0 Å². The largest absolute Gasteiger partial charge is 0.508 e. The highest BCUT2D eigenvalue weighted by Crippen LogP contribution is 2.44. The third kappa shape index (κ3) is 2.53. The molecule has 0 aliphatic heterocycles. The van der Waals surface area contributed by atoms with Crippen LogP contribution in [-0.2, 0) is 0 Å². The summed E-state index contributed by atoms with van der Waals surface area (Å²) in [5, 5.41) is 12.5. The zero-order chi connectivity index (χ0) is 11.8. The quantitative estimate of drug-likeness (QED) is 0.822. The predicted molar refractivity (Wildman–Crippen MR) is 61.8 cm³/mol. The number of aromatic hydroxyl groups is 1. The lowest BCUT2D eigenvalue weighted by Crippen LogP contribution is -2.25. The number of nitrogens with one attached hydrogen (secondary N) is 1. The summed E-state index contributed by atoms with van der Waals surface area (Å²) in [6.45, 7) is 5.11. The van der Waals surface area contributed by atoms with Crippen LogP contribution in [0.4, 0.5) is 4.39 Å². The molecule has 2 rings (SSSR count). The van der Waals surface area contributed by atoms with E-state index in [4.69, 9.17) is 5.11 Å². The first-order chi connectivity index (χ1) is 7.50. The van der Waals surface area contributed by atoms with Gasteiger partial charge in [-0.1, -0.05) is 13.0 Å². The summed E-state index contributed by atoms with van der Waals surface area (Å²) in [4.78, 5) is 0. The van der Waals surface area contributed by atoms with Gasteiger partial charge in [-0.15, -0.1) is 0 Å². The van der Waals surface area contributed by atoms with E-state index in [2.05, 4.69) is 12.2 Å². The number of hydrogen-bond acceptors (Lipinski definition) is 2. The van der Waals surface area contributed by atoms with Crippen molar-refractivity contribution in [1.29, 1.82) is 0 Å². The molecular weight excluding hydrogens is 205 g/mol. The molecule has 1 saturated carbocycles. The molecule has 0 aromatic heterocycles. The monoisotopic (exact) mass is 223 g/mol. The molecule has 0 bridgehead atoms. The Bertz CT molecular complexity index is 388. The first-order valence-electron chi connectivity index (χ1n) is 5.72. The Hall–Kier alpha value is -1.09. The molecule has 1 atom stereocenters. The minimum Gasteiger partial charge on any atom is -0.508 e. The van der Waals surface area contributed by atoms with E-state index >= 15 is 0 Å². The molecule has 0 radical (unpaired) electrons. The molecule has 1 unspecified atom stereocenters. The van der Waals surface area contributed by atoms with Crippen LogP contribution in [-0.4, -0.2) is 11.7 Å². The van der Waals surface area contributed by atoms with Crippen molar-refractivity contribution in [3.05, 3.63) is 29.6 Å². The summed E-state index contributed by atoms with van der Waals surface area (Å²) in [6.07, 6.45) is 2.51. The van der Waals surface area contributed by atoms with E-state index < -0.39 is 0 Å². The van der Waals surface area contributed by atoms with Crippen molar-refractivity contribution in [3.8, 4) is 5.75 Å². The number of phenols is 1. The van der Waals surface area contributed by atoms with Crippen molar-refractivity contribution in [2.75, 3.05) is 6.54 Å². The second-order valence-electron chi connectivity index (χ2n) is 5.12. The van der Waals surface area contributed by atoms with Gasteiger partial charge in [0.25, 0.3) is 0 Å². The van der Waals surface area contributed by atoms with E-state index in [-0.39, 0.29) is 17.6 Å². The first kappa shape index (κ1) is 11.4. The summed E-state index contributed by atoms with van der Waals surface area (Å²) in [5.41, 5.74) is 1.03. The van der Waals surface area contributed by atoms with E-state index in [0.717, 1.165) is 12.6 Å². The van der Waals surface area contributed by atoms with Crippen LogP contribution >= 0.6 is 0 Å². The first-order valence-corrected chi connectivity index (χ1v) is 5.72. The molecule has 1 fully saturated rings. The number of benzene rings is 1. The summed E-state index contributed by atoms with van der Waals surface area (Å²) in [7, 11) is 0. The number of phenolic OH excluding ortho intramolecular Hbond substituents is 1. The average Bonchev–Trinajstić information content (AvgIpc) is 2.94. The zero-order valence-electron chi connectivity index (χ0n) is 9.76. The summed E-state index contributed by atoms with van der Waals surface area (Å²) >= 11 is 0. The van der Waals surface area contributed by atoms with Crippen LogP contribution in [0.1, 0.15) is 38.3 Å². The molecule has 3 heteroatoms. The topological polar surface area (TPSA) is 32.3 Å². The van der Waals surface area contributed by atoms with Gasteiger partial charge in [0.15, 0.2) is 0 Å². The van der Waals surface area contributed by atoms with Gasteiger partial charge in [0.1, 0.15) is 11.6 Å². The van der Waals surface area contributed by atoms with Crippen LogP contribution in [0.2, 0.25) is 0 Å². The van der Waals surface area contributed by atoms with Gasteiger partial charge in [0.2, 0.25) is 0 Å². The van der Waals surface area contributed by atoms with E-state index in [1.54, 1.807) is 6.07 Å². The van der Waals surface area contributed by atoms with Crippen LogP contribution in [0.5, 0.6) is 5.75 Å². The fourth-order valence-electron chi connectivity index (χ4n) is 1.77. The summed E-state index contributed by atoms with van der Waals surface area (Å²) in [6, 6.07) is 4.30. The Morgan fingerprint density at radius 1 is 1.50 bits per heavy atom. The molecule has 1 aromatic rings. The zero-order valence-corrected chi connectivity index (χ0v) is 9.76. The summed E-state index contributed by atoms with van der Waals surface area (Å²) < 4.78 is 13.5. The van der Waals surface area contributed by atoms with Crippen molar-refractivity contribution in [3.63, 3.8) is 0 Å². The van der Waals surface area contributed by atoms with Gasteiger partial charge in [0, 0.05) is 24.2 Å². The Labute approximate surface area is 95.5 Å². The lowest BCUT2D eigenvalue weighted by molar-refractivity contribution is 0.440. The fraction of sp³-hybridized carbons (Fsp3) is 0.538. The molecule has 1 aliphatic carbocycles. The van der Waals surface area contributed by atoms with Crippen molar-refractivity contribution in [1.82, 2.24) is 5.32 Å². The van der Waals surface area contributed by atoms with Gasteiger partial charge in [-0.25, -0.2) is 4.39 Å². The lowest BCUT2D eigenvalue weighted by atomic mass is 10.1. The van der Waals surface area contributed by atoms with E-state index in [1.165, 1.54) is 18.9 Å². The average molecular weight is 223 g/mol. The Morgan fingerprint density at radius 2 is 2.19 bits per heavy atom. The van der Waals surface area contributed by atoms with E-state index in [9.17, 15) is 4.39 Å². The maximum absolute atomic E-state index is 13.5. The molecule has 88 valence electrons. The van der Waals surface area contributed by atoms with Crippen LogP contribution in [0.15, 0.2) is 18.2 Å². The highest BCUT2D eigenvalue weighted by Gasteiger charge is 2.37. The van der Waals surface area contributed by atoms with Crippen LogP contribution < -0.4 is 5.32 Å². The Kier molecular flexibility index (Phi) is 2.89. The second kappa shape index (κ2) is 4.06. The normalized spacial score (nSPS) is 19.4. The van der Waals surface area contributed by atoms with Crippen molar-refractivity contribution in [2.24, 2.45) is 5.41 Å². The van der Waals surface area contributed by atoms with Crippen LogP contribution in [0.3, 0.4) is 0 Å². The minimum absolute atomic E-state index is 0.0157. The van der Waals surface area contributed by atoms with Gasteiger partial charge >= 0.3 is 0 Å². The van der Waals surface area contributed by atoms with Gasteiger partial charge < -0.3 is 10.4 Å². The maximum Gasteiger partial charge on any atom is 0.131 e. The van der Waals surface area contributed by atoms with E-state index in [0.29, 0.717) is 11.0 Å². The number of rotatable bonds is 4. The molecule has 2 nitrogen and oxygen atoms in total. The lowest BCUT2D eigenvalue weighted by Gasteiger charge is -2.18. The van der Waals surface area contributed by atoms with Crippen LogP contribution in [0, 0.1) is 11.2 Å². The standard InChI is InChI=1S/C13H18FNO/c1-9(15-8-13(2)5-6-13)11-4-3-10(16)7-12(11)14/h3-4,7,9,15-16H,5-6,8H2,1-2H3. The Balaban J connectivity index is 1.99. The highest BCUT2D eigenvalue weighted by molar-refractivity contribution is 5.29. The minimum atomic E-state index is -0.346. The molecule has 0 saturated heterocycles. The van der Waals surface area contributed by atoms with Gasteiger partial charge in [-0.05, 0) is 31.2 Å². The van der Waals surface area contributed by atoms with Gasteiger partial charge in [0.05, 0.1) is 0 Å². The summed E-state index contributed by atoms with van der Waals surface area (Å²) in [5.74, 6) is -0.372. The van der Waals surface area contributed by atoms with Crippen LogP contribution in [0.25, 0.3) is 0 Å². The molecule has 0 spiro atoms. The highest BCUT2D eigenvalue weighted by atomic mass is 19.1. The van der Waals surface area contributed by atoms with Crippen molar-refractivity contribution in [2.45, 2.75) is 32.7 Å².